The third kappa shape index (κ3) is 15.3. The molecule has 0 aliphatic rings. The molecule has 0 amide bonds. The third-order valence-electron chi connectivity index (χ3n) is 3.62. The fourth-order valence-corrected chi connectivity index (χ4v) is 2.27. The van der Waals surface area contributed by atoms with Crippen LogP contribution in [0.4, 0.5) is 0 Å². The van der Waals surface area contributed by atoms with Gasteiger partial charge in [0.2, 0.25) is 0 Å². The van der Waals surface area contributed by atoms with Crippen molar-refractivity contribution in [2.75, 3.05) is 7.11 Å². The predicted molar refractivity (Wildman–Crippen MR) is 86.9 cm³/mol. The number of rotatable bonds is 14. The molecule has 0 aliphatic heterocycles. The Hall–Kier alpha value is -0.790. The van der Waals surface area contributed by atoms with Crippen LogP contribution in [0.5, 0.6) is 0 Å². The van der Waals surface area contributed by atoms with Crippen LogP contribution >= 0.6 is 0 Å². The average molecular weight is 282 g/mol. The van der Waals surface area contributed by atoms with Gasteiger partial charge < -0.3 is 4.74 Å². The summed E-state index contributed by atoms with van der Waals surface area (Å²) in [5, 5.41) is 0. The second kappa shape index (κ2) is 16.3. The van der Waals surface area contributed by atoms with Crippen LogP contribution in [0.2, 0.25) is 0 Å². The largest absolute Gasteiger partial charge is 0.469 e. The molecular formula is C18H34O2. The fourth-order valence-electron chi connectivity index (χ4n) is 2.27. The van der Waals surface area contributed by atoms with E-state index in [0.717, 1.165) is 12.8 Å². The van der Waals surface area contributed by atoms with Gasteiger partial charge in [0, 0.05) is 6.42 Å². The summed E-state index contributed by atoms with van der Waals surface area (Å²) in [5.74, 6) is -0.0749. The molecular weight excluding hydrogens is 248 g/mol. The van der Waals surface area contributed by atoms with Crippen molar-refractivity contribution in [2.24, 2.45) is 0 Å². The van der Waals surface area contributed by atoms with Crippen molar-refractivity contribution < 1.29 is 9.53 Å². The van der Waals surface area contributed by atoms with Crippen LogP contribution in [0, 0.1) is 0 Å². The normalized spacial score (nSPS) is 11.1. The molecule has 0 saturated carbocycles. The first kappa shape index (κ1) is 19.2. The highest BCUT2D eigenvalue weighted by atomic mass is 16.5. The van der Waals surface area contributed by atoms with Crippen LogP contribution in [0.3, 0.4) is 0 Å². The fraction of sp³-hybridized carbons (Fsp3) is 0.833. The number of unbranched alkanes of at least 4 members (excludes halogenated alkanes) is 10. The van der Waals surface area contributed by atoms with Gasteiger partial charge in [-0.3, -0.25) is 4.79 Å². The van der Waals surface area contributed by atoms with Crippen LogP contribution < -0.4 is 0 Å². The number of carbonyl (C=O) groups is 1. The van der Waals surface area contributed by atoms with Gasteiger partial charge in [-0.25, -0.2) is 0 Å². The average Bonchev–Trinajstić information content (AvgIpc) is 2.47. The molecule has 0 N–H and O–H groups in total. The molecule has 0 aliphatic carbocycles. The molecule has 0 saturated heterocycles. The van der Waals surface area contributed by atoms with E-state index in [1.54, 1.807) is 0 Å². The van der Waals surface area contributed by atoms with E-state index in [2.05, 4.69) is 23.8 Å². The van der Waals surface area contributed by atoms with Crippen molar-refractivity contribution in [3.63, 3.8) is 0 Å². The molecule has 0 aromatic carbocycles. The maximum Gasteiger partial charge on any atom is 0.305 e. The Bertz CT molecular complexity index is 234. The lowest BCUT2D eigenvalue weighted by atomic mass is 10.1. The Labute approximate surface area is 126 Å². The number of hydrogen-bond acceptors (Lipinski definition) is 2. The molecule has 2 heteroatoms. The number of ether oxygens (including phenoxy) is 1. The van der Waals surface area contributed by atoms with Gasteiger partial charge in [-0.15, -0.1) is 0 Å². The zero-order valence-corrected chi connectivity index (χ0v) is 13.7. The van der Waals surface area contributed by atoms with Gasteiger partial charge >= 0.3 is 5.97 Å². The SMILES string of the molecule is CCCCCCC=CCCCCCCCCC(=O)OC. The van der Waals surface area contributed by atoms with E-state index in [4.69, 9.17) is 0 Å². The summed E-state index contributed by atoms with van der Waals surface area (Å²) in [5.41, 5.74) is 0. The number of allylic oxidation sites excluding steroid dienone is 2. The number of hydrogen-bond donors (Lipinski definition) is 0. The first-order valence-corrected chi connectivity index (χ1v) is 8.53. The lowest BCUT2D eigenvalue weighted by molar-refractivity contribution is -0.140. The van der Waals surface area contributed by atoms with E-state index in [0.29, 0.717) is 6.42 Å². The first-order chi connectivity index (χ1) is 9.81. The molecule has 0 bridgehead atoms. The van der Waals surface area contributed by atoms with Crippen molar-refractivity contribution in [2.45, 2.75) is 90.4 Å². The maximum absolute atomic E-state index is 10.9. The molecule has 0 atom stereocenters. The van der Waals surface area contributed by atoms with Crippen LogP contribution in [0.25, 0.3) is 0 Å². The zero-order chi connectivity index (χ0) is 14.9. The Kier molecular flexibility index (Phi) is 15.6. The molecule has 0 rings (SSSR count). The van der Waals surface area contributed by atoms with Crippen molar-refractivity contribution in [1.82, 2.24) is 0 Å². The van der Waals surface area contributed by atoms with Gasteiger partial charge in [0.25, 0.3) is 0 Å². The van der Waals surface area contributed by atoms with Gasteiger partial charge in [0.05, 0.1) is 7.11 Å². The van der Waals surface area contributed by atoms with Gasteiger partial charge in [-0.1, -0.05) is 64.0 Å². The molecule has 0 spiro atoms. The molecule has 118 valence electrons. The molecule has 2 nitrogen and oxygen atoms in total. The predicted octanol–water partition coefficient (Wildman–Crippen LogP) is 5.81. The Morgan fingerprint density at radius 3 is 1.85 bits per heavy atom. The Morgan fingerprint density at radius 2 is 1.30 bits per heavy atom. The lowest BCUT2D eigenvalue weighted by Crippen LogP contribution is -1.99. The van der Waals surface area contributed by atoms with E-state index in [1.165, 1.54) is 71.3 Å². The molecule has 0 aromatic heterocycles. The molecule has 0 heterocycles. The number of esters is 1. The summed E-state index contributed by atoms with van der Waals surface area (Å²) in [6.07, 6.45) is 20.5. The summed E-state index contributed by atoms with van der Waals surface area (Å²) in [7, 11) is 1.46. The molecule has 0 unspecified atom stereocenters. The Morgan fingerprint density at radius 1 is 0.800 bits per heavy atom. The van der Waals surface area contributed by atoms with Crippen molar-refractivity contribution >= 4 is 5.97 Å². The summed E-state index contributed by atoms with van der Waals surface area (Å²) in [6.45, 7) is 2.26. The van der Waals surface area contributed by atoms with Crippen molar-refractivity contribution in [3.8, 4) is 0 Å². The van der Waals surface area contributed by atoms with Crippen LogP contribution in [0.1, 0.15) is 90.4 Å². The van der Waals surface area contributed by atoms with E-state index in [9.17, 15) is 4.79 Å². The summed E-state index contributed by atoms with van der Waals surface area (Å²) >= 11 is 0. The van der Waals surface area contributed by atoms with E-state index < -0.39 is 0 Å². The third-order valence-corrected chi connectivity index (χ3v) is 3.62. The molecule has 20 heavy (non-hydrogen) atoms. The molecule has 0 radical (unpaired) electrons. The second-order valence-electron chi connectivity index (χ2n) is 5.56. The van der Waals surface area contributed by atoms with Crippen molar-refractivity contribution in [1.29, 1.82) is 0 Å². The van der Waals surface area contributed by atoms with Gasteiger partial charge in [-0.2, -0.15) is 0 Å². The highest BCUT2D eigenvalue weighted by molar-refractivity contribution is 5.68. The summed E-state index contributed by atoms with van der Waals surface area (Å²) in [6, 6.07) is 0. The zero-order valence-electron chi connectivity index (χ0n) is 13.7. The van der Waals surface area contributed by atoms with Crippen LogP contribution in [-0.4, -0.2) is 13.1 Å². The first-order valence-electron chi connectivity index (χ1n) is 8.53. The van der Waals surface area contributed by atoms with E-state index in [-0.39, 0.29) is 5.97 Å². The second-order valence-corrected chi connectivity index (χ2v) is 5.56. The van der Waals surface area contributed by atoms with Gasteiger partial charge in [0.1, 0.15) is 0 Å². The monoisotopic (exact) mass is 282 g/mol. The highest BCUT2D eigenvalue weighted by Gasteiger charge is 1.98. The number of methoxy groups -OCH3 is 1. The number of carbonyl (C=O) groups excluding carboxylic acids is 1. The smallest absolute Gasteiger partial charge is 0.305 e. The van der Waals surface area contributed by atoms with Gasteiger partial charge in [0.15, 0.2) is 0 Å². The summed E-state index contributed by atoms with van der Waals surface area (Å²) in [4.78, 5) is 10.9. The standard InChI is InChI=1S/C18H34O2/c1-3-4-5-6-7-8-9-10-11-12-13-14-15-16-17-18(19)20-2/h8-9H,3-7,10-17H2,1-2H3. The summed E-state index contributed by atoms with van der Waals surface area (Å²) < 4.78 is 4.62. The minimum atomic E-state index is -0.0749. The Balaban J connectivity index is 3.09. The minimum absolute atomic E-state index is 0.0749. The maximum atomic E-state index is 10.9. The van der Waals surface area contributed by atoms with E-state index >= 15 is 0 Å². The molecule has 0 fully saturated rings. The lowest BCUT2D eigenvalue weighted by Gasteiger charge is -2.00. The molecule has 0 aromatic rings. The van der Waals surface area contributed by atoms with Crippen LogP contribution in [-0.2, 0) is 9.53 Å². The van der Waals surface area contributed by atoms with Gasteiger partial charge in [-0.05, 0) is 32.1 Å². The quantitative estimate of drug-likeness (QED) is 0.228. The van der Waals surface area contributed by atoms with Crippen molar-refractivity contribution in [3.05, 3.63) is 12.2 Å². The van der Waals surface area contributed by atoms with Crippen LogP contribution in [0.15, 0.2) is 12.2 Å². The highest BCUT2D eigenvalue weighted by Crippen LogP contribution is 2.10. The topological polar surface area (TPSA) is 26.3 Å². The minimum Gasteiger partial charge on any atom is -0.469 e. The van der Waals surface area contributed by atoms with E-state index in [1.807, 2.05) is 0 Å².